The Labute approximate surface area is 114 Å². The van der Waals surface area contributed by atoms with Crippen LogP contribution in [0.15, 0.2) is 54.9 Å². The van der Waals surface area contributed by atoms with Gasteiger partial charge >= 0.3 is 0 Å². The summed E-state index contributed by atoms with van der Waals surface area (Å²) >= 11 is 5.77. The Bertz CT molecular complexity index is 748. The van der Waals surface area contributed by atoms with Crippen LogP contribution in [-0.4, -0.2) is 15.8 Å². The molecular formula is C15H9ClN2O. The zero-order valence-corrected chi connectivity index (χ0v) is 10.6. The Kier molecular flexibility index (Phi) is 2.97. The van der Waals surface area contributed by atoms with Crippen LogP contribution in [0.3, 0.4) is 0 Å². The molecule has 0 unspecified atom stereocenters. The first-order chi connectivity index (χ1) is 9.25. The average Bonchev–Trinajstić information content (AvgIpc) is 2.47. The van der Waals surface area contributed by atoms with Crippen LogP contribution in [0, 0.1) is 0 Å². The molecule has 92 valence electrons. The van der Waals surface area contributed by atoms with Crippen molar-refractivity contribution in [2.45, 2.75) is 0 Å². The van der Waals surface area contributed by atoms with Crippen LogP contribution in [-0.2, 0) is 0 Å². The van der Waals surface area contributed by atoms with E-state index in [0.29, 0.717) is 16.3 Å². The molecule has 19 heavy (non-hydrogen) atoms. The molecule has 4 heteroatoms. The summed E-state index contributed by atoms with van der Waals surface area (Å²) < 4.78 is 0. The predicted octanol–water partition coefficient (Wildman–Crippen LogP) is 3.51. The zero-order chi connectivity index (χ0) is 13.2. The van der Waals surface area contributed by atoms with Gasteiger partial charge in [-0.2, -0.15) is 0 Å². The van der Waals surface area contributed by atoms with Gasteiger partial charge in [0.25, 0.3) is 0 Å². The molecule has 0 aliphatic heterocycles. The Hall–Kier alpha value is -2.26. The van der Waals surface area contributed by atoms with E-state index < -0.39 is 0 Å². The summed E-state index contributed by atoms with van der Waals surface area (Å²) in [6.07, 6.45) is 3.18. The number of benzene rings is 1. The molecule has 3 rings (SSSR count). The molecule has 0 radical (unpaired) electrons. The monoisotopic (exact) mass is 268 g/mol. The first-order valence-electron chi connectivity index (χ1n) is 5.76. The van der Waals surface area contributed by atoms with Crippen molar-refractivity contribution < 1.29 is 4.79 Å². The molecular weight excluding hydrogens is 260 g/mol. The van der Waals surface area contributed by atoms with Gasteiger partial charge in [-0.3, -0.25) is 14.8 Å². The quantitative estimate of drug-likeness (QED) is 0.668. The molecule has 0 aliphatic carbocycles. The third-order valence-corrected chi connectivity index (χ3v) is 3.07. The Morgan fingerprint density at radius 3 is 2.68 bits per heavy atom. The van der Waals surface area contributed by atoms with Crippen LogP contribution in [0.5, 0.6) is 0 Å². The van der Waals surface area contributed by atoms with Crippen molar-refractivity contribution in [3.8, 4) is 0 Å². The van der Waals surface area contributed by atoms with E-state index >= 15 is 0 Å². The molecule has 2 aromatic heterocycles. The van der Waals surface area contributed by atoms with Crippen LogP contribution in [0.2, 0.25) is 5.02 Å². The lowest BCUT2D eigenvalue weighted by molar-refractivity contribution is 0.103. The van der Waals surface area contributed by atoms with Crippen LogP contribution in [0.1, 0.15) is 16.1 Å². The minimum atomic E-state index is -0.129. The summed E-state index contributed by atoms with van der Waals surface area (Å²) in [7, 11) is 0. The maximum Gasteiger partial charge on any atom is 0.212 e. The minimum Gasteiger partial charge on any atom is -0.287 e. The maximum absolute atomic E-state index is 12.4. The molecule has 0 spiro atoms. The third-order valence-electron chi connectivity index (χ3n) is 2.85. The molecule has 1 aromatic carbocycles. The van der Waals surface area contributed by atoms with Crippen LogP contribution in [0.25, 0.3) is 10.9 Å². The van der Waals surface area contributed by atoms with Gasteiger partial charge in [0.1, 0.15) is 5.69 Å². The molecule has 0 amide bonds. The molecule has 3 nitrogen and oxygen atoms in total. The molecule has 0 saturated carbocycles. The molecule has 0 fully saturated rings. The summed E-state index contributed by atoms with van der Waals surface area (Å²) in [5.74, 6) is -0.129. The number of rotatable bonds is 2. The van der Waals surface area contributed by atoms with Crippen LogP contribution in [0.4, 0.5) is 0 Å². The fourth-order valence-electron chi connectivity index (χ4n) is 1.95. The molecule has 0 bridgehead atoms. The van der Waals surface area contributed by atoms with Gasteiger partial charge in [0, 0.05) is 23.3 Å². The van der Waals surface area contributed by atoms with Gasteiger partial charge < -0.3 is 0 Å². The van der Waals surface area contributed by atoms with E-state index in [4.69, 9.17) is 11.6 Å². The van der Waals surface area contributed by atoms with E-state index in [0.717, 1.165) is 10.9 Å². The Morgan fingerprint density at radius 2 is 1.89 bits per heavy atom. The lowest BCUT2D eigenvalue weighted by Crippen LogP contribution is -2.04. The number of carbonyl (C=O) groups is 1. The van der Waals surface area contributed by atoms with Crippen LogP contribution >= 0.6 is 11.6 Å². The second-order valence-corrected chi connectivity index (χ2v) is 4.50. The molecule has 3 aromatic rings. The third kappa shape index (κ3) is 2.20. The highest BCUT2D eigenvalue weighted by molar-refractivity contribution is 6.30. The van der Waals surface area contributed by atoms with Crippen LogP contribution < -0.4 is 0 Å². The van der Waals surface area contributed by atoms with Gasteiger partial charge in [-0.25, -0.2) is 0 Å². The van der Waals surface area contributed by atoms with Gasteiger partial charge in [0.05, 0.1) is 10.5 Å². The van der Waals surface area contributed by atoms with Gasteiger partial charge in [0.15, 0.2) is 0 Å². The number of hydrogen-bond acceptors (Lipinski definition) is 3. The summed E-state index contributed by atoms with van der Waals surface area (Å²) in [6, 6.07) is 12.5. The largest absolute Gasteiger partial charge is 0.287 e. The van der Waals surface area contributed by atoms with Gasteiger partial charge in [-0.1, -0.05) is 29.8 Å². The number of hydrogen-bond donors (Lipinski definition) is 0. The fraction of sp³-hybridized carbons (Fsp3) is 0. The van der Waals surface area contributed by atoms with Gasteiger partial charge in [-0.15, -0.1) is 0 Å². The van der Waals surface area contributed by atoms with Crippen molar-refractivity contribution in [1.82, 2.24) is 9.97 Å². The Morgan fingerprint density at radius 1 is 1.00 bits per heavy atom. The molecule has 0 atom stereocenters. The van der Waals surface area contributed by atoms with E-state index in [-0.39, 0.29) is 5.78 Å². The SMILES string of the molecule is O=C(c1ccc(Cl)cn1)c1cccc2ncccc12. The summed E-state index contributed by atoms with van der Waals surface area (Å²) in [5.41, 5.74) is 1.77. The van der Waals surface area contributed by atoms with E-state index in [1.54, 1.807) is 24.4 Å². The molecule has 0 N–H and O–H groups in total. The maximum atomic E-state index is 12.4. The smallest absolute Gasteiger partial charge is 0.212 e. The van der Waals surface area contributed by atoms with Gasteiger partial charge in [0.2, 0.25) is 5.78 Å². The van der Waals surface area contributed by atoms with Gasteiger partial charge in [-0.05, 0) is 24.3 Å². The second kappa shape index (κ2) is 4.78. The second-order valence-electron chi connectivity index (χ2n) is 4.07. The highest BCUT2D eigenvalue weighted by Crippen LogP contribution is 2.19. The van der Waals surface area contributed by atoms with Crippen molar-refractivity contribution in [2.24, 2.45) is 0 Å². The molecule has 0 saturated heterocycles. The zero-order valence-electron chi connectivity index (χ0n) is 9.88. The van der Waals surface area contributed by atoms with E-state index in [9.17, 15) is 4.79 Å². The number of pyridine rings is 2. The lowest BCUT2D eigenvalue weighted by atomic mass is 10.0. The Balaban J connectivity index is 2.14. The molecule has 2 heterocycles. The minimum absolute atomic E-state index is 0.129. The first-order valence-corrected chi connectivity index (χ1v) is 6.13. The van der Waals surface area contributed by atoms with Crippen molar-refractivity contribution >= 4 is 28.3 Å². The number of fused-ring (bicyclic) bond motifs is 1. The molecule has 0 aliphatic rings. The first kappa shape index (κ1) is 11.8. The van der Waals surface area contributed by atoms with E-state index in [1.807, 2.05) is 24.3 Å². The summed E-state index contributed by atoms with van der Waals surface area (Å²) in [6.45, 7) is 0. The highest BCUT2D eigenvalue weighted by Gasteiger charge is 2.13. The highest BCUT2D eigenvalue weighted by atomic mass is 35.5. The van der Waals surface area contributed by atoms with E-state index in [2.05, 4.69) is 9.97 Å². The standard InChI is InChI=1S/C15H9ClN2O/c16-10-6-7-14(18-9-10)15(19)12-3-1-5-13-11(12)4-2-8-17-13/h1-9H. The van der Waals surface area contributed by atoms with Crippen molar-refractivity contribution in [3.63, 3.8) is 0 Å². The summed E-state index contributed by atoms with van der Waals surface area (Å²) in [4.78, 5) is 20.7. The van der Waals surface area contributed by atoms with Crippen molar-refractivity contribution in [3.05, 3.63) is 71.1 Å². The average molecular weight is 269 g/mol. The predicted molar refractivity (Wildman–Crippen MR) is 74.4 cm³/mol. The number of aromatic nitrogens is 2. The van der Waals surface area contributed by atoms with Crippen molar-refractivity contribution in [2.75, 3.05) is 0 Å². The summed E-state index contributed by atoms with van der Waals surface area (Å²) in [5, 5.41) is 1.34. The topological polar surface area (TPSA) is 42.9 Å². The fourth-order valence-corrected chi connectivity index (χ4v) is 2.06. The number of carbonyl (C=O) groups excluding carboxylic acids is 1. The van der Waals surface area contributed by atoms with Crippen molar-refractivity contribution in [1.29, 1.82) is 0 Å². The number of ketones is 1. The lowest BCUT2D eigenvalue weighted by Gasteiger charge is -2.04. The number of halogens is 1. The van der Waals surface area contributed by atoms with E-state index in [1.165, 1.54) is 6.20 Å². The number of nitrogens with zero attached hydrogens (tertiary/aromatic N) is 2. The normalized spacial score (nSPS) is 10.6.